The number of hydrogen-bond acceptors (Lipinski definition) is 6. The van der Waals surface area contributed by atoms with E-state index in [1.165, 1.54) is 19.2 Å². The molecule has 11 heteroatoms. The van der Waals surface area contributed by atoms with E-state index in [4.69, 9.17) is 15.0 Å². The fourth-order valence-corrected chi connectivity index (χ4v) is 3.74. The molecule has 0 fully saturated rings. The van der Waals surface area contributed by atoms with Gasteiger partial charge in [0.15, 0.2) is 0 Å². The van der Waals surface area contributed by atoms with Crippen LogP contribution in [0.15, 0.2) is 33.7 Å². The Morgan fingerprint density at radius 3 is 2.19 bits per heavy atom. The first-order valence-electron chi connectivity index (χ1n) is 7.27. The molecule has 1 aromatic rings. The van der Waals surface area contributed by atoms with E-state index < -0.39 is 31.7 Å². The molecule has 142 valence electrons. The van der Waals surface area contributed by atoms with Crippen LogP contribution in [-0.2, 0) is 24.3 Å². The highest BCUT2D eigenvalue weighted by Gasteiger charge is 2.42. The van der Waals surface area contributed by atoms with Crippen LogP contribution in [0.25, 0.3) is 10.4 Å². The van der Waals surface area contributed by atoms with Gasteiger partial charge in [-0.15, -0.1) is 0 Å². The summed E-state index contributed by atoms with van der Waals surface area (Å²) in [6.07, 6.45) is 0.106. The van der Waals surface area contributed by atoms with Crippen molar-refractivity contribution in [2.75, 3.05) is 7.11 Å². The van der Waals surface area contributed by atoms with Crippen LogP contribution in [0.4, 0.5) is 0 Å². The maximum absolute atomic E-state index is 12.4. The highest BCUT2D eigenvalue weighted by Crippen LogP contribution is 2.36. The fraction of sp³-hybridized carbons (Fsp3) is 0.467. The summed E-state index contributed by atoms with van der Waals surface area (Å²) >= 11 is 3.25. The third-order valence-corrected chi connectivity index (χ3v) is 5.17. The topological polar surface area (TPSA) is 136 Å². The van der Waals surface area contributed by atoms with Gasteiger partial charge in [0.05, 0.1) is 17.4 Å². The van der Waals surface area contributed by atoms with Crippen molar-refractivity contribution in [2.45, 2.75) is 36.4 Å². The SMILES string of the molecule is COC(=O)C(C)(Br)CC(C)(C)C(=O)Oc1ccc(S(=O)(=O)N=[N+]=[N-])cc1. The monoisotopic (exact) mass is 447 g/mol. The van der Waals surface area contributed by atoms with Gasteiger partial charge in [0.2, 0.25) is 0 Å². The quantitative estimate of drug-likeness (QED) is 0.157. The molecule has 1 unspecified atom stereocenters. The zero-order valence-corrected chi connectivity index (χ0v) is 17.0. The average molecular weight is 448 g/mol. The first-order valence-corrected chi connectivity index (χ1v) is 9.50. The highest BCUT2D eigenvalue weighted by molar-refractivity contribution is 9.10. The maximum atomic E-state index is 12.4. The second-order valence-electron chi connectivity index (χ2n) is 6.26. The average Bonchev–Trinajstić information content (AvgIpc) is 2.53. The van der Waals surface area contributed by atoms with Crippen LogP contribution in [0.5, 0.6) is 5.75 Å². The minimum absolute atomic E-state index is 0.106. The standard InChI is InChI=1S/C15H18BrN3O6S/c1-14(2,9-15(3,16)13(21)24-4)12(20)25-10-5-7-11(8-6-10)26(22,23)19-18-17/h5-8H,9H2,1-4H3. The van der Waals surface area contributed by atoms with Crippen molar-refractivity contribution in [1.82, 2.24) is 0 Å². The molecule has 0 radical (unpaired) electrons. The lowest BCUT2D eigenvalue weighted by Gasteiger charge is -2.29. The van der Waals surface area contributed by atoms with E-state index in [-0.39, 0.29) is 17.1 Å². The van der Waals surface area contributed by atoms with Gasteiger partial charge < -0.3 is 9.47 Å². The maximum Gasteiger partial charge on any atom is 0.322 e. The number of methoxy groups -OCH3 is 1. The molecular formula is C15H18BrN3O6S. The van der Waals surface area contributed by atoms with Gasteiger partial charge in [-0.25, -0.2) is 8.42 Å². The van der Waals surface area contributed by atoms with Crippen LogP contribution >= 0.6 is 15.9 Å². The number of benzene rings is 1. The van der Waals surface area contributed by atoms with E-state index in [1.54, 1.807) is 20.8 Å². The van der Waals surface area contributed by atoms with E-state index in [0.717, 1.165) is 12.1 Å². The second kappa shape index (κ2) is 8.07. The molecule has 0 aliphatic carbocycles. The predicted molar refractivity (Wildman–Crippen MR) is 96.2 cm³/mol. The molecule has 1 rings (SSSR count). The largest absolute Gasteiger partial charge is 0.468 e. The molecule has 0 saturated heterocycles. The number of sulfonamides is 1. The van der Waals surface area contributed by atoms with Crippen LogP contribution < -0.4 is 4.74 Å². The van der Waals surface area contributed by atoms with Gasteiger partial charge in [0.1, 0.15) is 10.1 Å². The lowest BCUT2D eigenvalue weighted by molar-refractivity contribution is -0.148. The van der Waals surface area contributed by atoms with Crippen LogP contribution in [0, 0.1) is 5.41 Å². The molecule has 0 saturated carbocycles. The van der Waals surface area contributed by atoms with Crippen molar-refractivity contribution in [2.24, 2.45) is 9.93 Å². The normalized spacial score (nSPS) is 13.9. The molecule has 1 atom stereocenters. The summed E-state index contributed by atoms with van der Waals surface area (Å²) < 4.78 is 34.8. The minimum Gasteiger partial charge on any atom is -0.468 e. The number of alkyl halides is 1. The van der Waals surface area contributed by atoms with Gasteiger partial charge in [-0.05, 0) is 57.0 Å². The van der Waals surface area contributed by atoms with Crippen LogP contribution in [0.3, 0.4) is 0 Å². The number of nitrogens with zero attached hydrogens (tertiary/aromatic N) is 3. The first-order chi connectivity index (χ1) is 11.9. The van der Waals surface area contributed by atoms with E-state index >= 15 is 0 Å². The third-order valence-electron chi connectivity index (χ3n) is 3.41. The van der Waals surface area contributed by atoms with Crippen molar-refractivity contribution in [3.8, 4) is 5.75 Å². The second-order valence-corrected chi connectivity index (χ2v) is 9.59. The van der Waals surface area contributed by atoms with E-state index in [9.17, 15) is 18.0 Å². The molecule has 0 N–H and O–H groups in total. The minimum atomic E-state index is -4.11. The predicted octanol–water partition coefficient (Wildman–Crippen LogP) is 3.33. The third kappa shape index (κ3) is 5.45. The van der Waals surface area contributed by atoms with Crippen molar-refractivity contribution >= 4 is 37.9 Å². The summed E-state index contributed by atoms with van der Waals surface area (Å²) in [5, 5.41) is 0. The smallest absolute Gasteiger partial charge is 0.322 e. The van der Waals surface area contributed by atoms with Gasteiger partial charge in [-0.2, -0.15) is 0 Å². The molecule has 0 bridgehead atoms. The Morgan fingerprint density at radius 1 is 1.19 bits per heavy atom. The van der Waals surface area contributed by atoms with Gasteiger partial charge in [-0.1, -0.05) is 15.9 Å². The summed E-state index contributed by atoms with van der Waals surface area (Å²) in [5.41, 5.74) is 7.21. The van der Waals surface area contributed by atoms with Crippen molar-refractivity contribution in [3.63, 3.8) is 0 Å². The zero-order chi connectivity index (χ0) is 20.2. The molecule has 26 heavy (non-hydrogen) atoms. The van der Waals surface area contributed by atoms with E-state index in [0.29, 0.717) is 0 Å². The number of rotatable bonds is 7. The summed E-state index contributed by atoms with van der Waals surface area (Å²) in [5.74, 6) is -1.03. The summed E-state index contributed by atoms with van der Waals surface area (Å²) in [4.78, 5) is 26.2. The number of azide groups is 1. The molecule has 1 aromatic carbocycles. The van der Waals surface area contributed by atoms with E-state index in [1.807, 2.05) is 0 Å². The van der Waals surface area contributed by atoms with Crippen LogP contribution in [0.2, 0.25) is 0 Å². The lowest BCUT2D eigenvalue weighted by Crippen LogP contribution is -2.40. The number of carbonyl (C=O) groups excluding carboxylic acids is 2. The van der Waals surface area contributed by atoms with Gasteiger partial charge >= 0.3 is 11.9 Å². The van der Waals surface area contributed by atoms with E-state index in [2.05, 4.69) is 25.4 Å². The zero-order valence-electron chi connectivity index (χ0n) is 14.6. The van der Waals surface area contributed by atoms with Gasteiger partial charge in [0.25, 0.3) is 10.0 Å². The Bertz CT molecular complexity index is 843. The van der Waals surface area contributed by atoms with Gasteiger partial charge in [0, 0.05) is 9.43 Å². The van der Waals surface area contributed by atoms with Crippen molar-refractivity contribution in [3.05, 3.63) is 34.7 Å². The van der Waals surface area contributed by atoms with Crippen LogP contribution in [-0.4, -0.2) is 31.8 Å². The first kappa shape index (κ1) is 21.9. The van der Waals surface area contributed by atoms with Crippen LogP contribution in [0.1, 0.15) is 27.2 Å². The molecule has 0 amide bonds. The number of carbonyl (C=O) groups is 2. The fourth-order valence-electron chi connectivity index (χ4n) is 2.21. The molecule has 0 heterocycles. The molecule has 0 aliphatic heterocycles. The summed E-state index contributed by atoms with van der Waals surface area (Å²) in [6.45, 7) is 4.81. The summed E-state index contributed by atoms with van der Waals surface area (Å²) in [6, 6.07) is 4.84. The molecule has 0 spiro atoms. The Balaban J connectivity index is 2.93. The Morgan fingerprint density at radius 2 is 1.73 bits per heavy atom. The Labute approximate surface area is 159 Å². The van der Waals surface area contributed by atoms with Gasteiger partial charge in [-0.3, -0.25) is 9.59 Å². The number of hydrogen-bond donors (Lipinski definition) is 0. The lowest BCUT2D eigenvalue weighted by atomic mass is 9.83. The summed E-state index contributed by atoms with van der Waals surface area (Å²) in [7, 11) is -2.86. The molecule has 0 aromatic heterocycles. The number of halogens is 1. The Kier molecular flexibility index (Phi) is 6.81. The Hall–Kier alpha value is -2.10. The van der Waals surface area contributed by atoms with Crippen molar-refractivity contribution in [1.29, 1.82) is 0 Å². The number of ether oxygens (including phenoxy) is 2. The van der Waals surface area contributed by atoms with Crippen molar-refractivity contribution < 1.29 is 27.5 Å². The molecular weight excluding hydrogens is 430 g/mol. The molecule has 0 aliphatic rings. The number of esters is 2. The highest BCUT2D eigenvalue weighted by atomic mass is 79.9. The molecule has 9 nitrogen and oxygen atoms in total.